The quantitative estimate of drug-likeness (QED) is 0.759. The van der Waals surface area contributed by atoms with Gasteiger partial charge in [0.15, 0.2) is 0 Å². The molecule has 0 aromatic heterocycles. The molecule has 0 saturated heterocycles. The first-order valence-electron chi connectivity index (χ1n) is 5.13. The highest BCUT2D eigenvalue weighted by Gasteiger charge is 1.98. The van der Waals surface area contributed by atoms with Crippen molar-refractivity contribution in [3.8, 4) is 0 Å². The van der Waals surface area contributed by atoms with E-state index in [-0.39, 0.29) is 5.91 Å². The number of hydrogen-bond donors (Lipinski definition) is 1. The molecule has 0 bridgehead atoms. The van der Waals surface area contributed by atoms with E-state index in [2.05, 4.69) is 17.4 Å². The molecule has 0 aliphatic carbocycles. The molecule has 0 spiro atoms. The van der Waals surface area contributed by atoms with E-state index in [1.54, 1.807) is 0 Å². The first-order valence-corrected chi connectivity index (χ1v) is 5.13. The summed E-state index contributed by atoms with van der Waals surface area (Å²) < 4.78 is 0. The second-order valence-electron chi connectivity index (χ2n) is 3.29. The fraction of sp³-hybridized carbons (Fsp3) is 0.417. The lowest BCUT2D eigenvalue weighted by molar-refractivity contribution is -0.121. The fourth-order valence-electron chi connectivity index (χ4n) is 1.38. The Morgan fingerprint density at radius 1 is 1.29 bits per heavy atom. The van der Waals surface area contributed by atoms with Gasteiger partial charge in [-0.1, -0.05) is 30.3 Å². The van der Waals surface area contributed by atoms with E-state index in [0.717, 1.165) is 19.4 Å². The highest BCUT2D eigenvalue weighted by Crippen LogP contribution is 2.03. The lowest BCUT2D eigenvalue weighted by Gasteiger charge is -2.02. The summed E-state index contributed by atoms with van der Waals surface area (Å²) in [4.78, 5) is 11.1. The minimum absolute atomic E-state index is 0.156. The van der Waals surface area contributed by atoms with Crippen LogP contribution in [0.2, 0.25) is 0 Å². The fourth-order valence-corrected chi connectivity index (χ4v) is 1.38. The molecule has 0 saturated carbocycles. The molecule has 0 fully saturated rings. The van der Waals surface area contributed by atoms with Crippen LogP contribution in [-0.4, -0.2) is 12.5 Å². The average molecular weight is 191 g/mol. The predicted molar refractivity (Wildman–Crippen MR) is 58.1 cm³/mol. The minimum atomic E-state index is 0.156. The molecule has 76 valence electrons. The zero-order valence-corrected chi connectivity index (χ0v) is 8.62. The number of carbonyl (C=O) groups excluding carboxylic acids is 1. The van der Waals surface area contributed by atoms with Gasteiger partial charge in [0.25, 0.3) is 0 Å². The van der Waals surface area contributed by atoms with Gasteiger partial charge in [0.2, 0.25) is 5.91 Å². The molecular formula is C12H17NO. The van der Waals surface area contributed by atoms with E-state index >= 15 is 0 Å². The molecular weight excluding hydrogens is 174 g/mol. The maximum Gasteiger partial charge on any atom is 0.219 e. The van der Waals surface area contributed by atoms with Crippen molar-refractivity contribution in [2.24, 2.45) is 0 Å². The number of nitrogens with one attached hydrogen (secondary N) is 1. The van der Waals surface area contributed by atoms with Gasteiger partial charge in [-0.15, -0.1) is 0 Å². The van der Waals surface area contributed by atoms with Crippen molar-refractivity contribution in [2.45, 2.75) is 26.2 Å². The Balaban J connectivity index is 2.19. The number of aryl methyl sites for hydroxylation is 1. The van der Waals surface area contributed by atoms with Crippen LogP contribution < -0.4 is 5.32 Å². The van der Waals surface area contributed by atoms with E-state index in [4.69, 9.17) is 0 Å². The van der Waals surface area contributed by atoms with E-state index in [1.165, 1.54) is 5.56 Å². The van der Waals surface area contributed by atoms with E-state index in [9.17, 15) is 4.79 Å². The molecule has 1 N–H and O–H groups in total. The van der Waals surface area contributed by atoms with Crippen LogP contribution in [0.4, 0.5) is 0 Å². The average Bonchev–Trinajstić information content (AvgIpc) is 2.20. The van der Waals surface area contributed by atoms with Crippen LogP contribution in [0.25, 0.3) is 0 Å². The van der Waals surface area contributed by atoms with Crippen LogP contribution >= 0.6 is 0 Å². The second-order valence-corrected chi connectivity index (χ2v) is 3.29. The van der Waals surface area contributed by atoms with Gasteiger partial charge < -0.3 is 5.32 Å². The summed E-state index contributed by atoms with van der Waals surface area (Å²) in [5.41, 5.74) is 1.30. The van der Waals surface area contributed by atoms with Crippen molar-refractivity contribution in [2.75, 3.05) is 6.54 Å². The van der Waals surface area contributed by atoms with Gasteiger partial charge in [0, 0.05) is 13.0 Å². The normalized spacial score (nSPS) is 9.79. The molecule has 0 atom stereocenters. The van der Waals surface area contributed by atoms with Crippen molar-refractivity contribution in [1.29, 1.82) is 0 Å². The summed E-state index contributed by atoms with van der Waals surface area (Å²) in [7, 11) is 0. The molecule has 0 aliphatic heterocycles. The van der Waals surface area contributed by atoms with Gasteiger partial charge in [0.1, 0.15) is 0 Å². The minimum Gasteiger partial charge on any atom is -0.356 e. The standard InChI is InChI=1S/C12H17NO/c1-2-13-12(14)10-6-9-11-7-4-3-5-8-11/h3-5,7-8H,2,6,9-10H2,1H3,(H,13,14). The van der Waals surface area contributed by atoms with E-state index in [0.29, 0.717) is 6.42 Å². The zero-order chi connectivity index (χ0) is 10.2. The first-order chi connectivity index (χ1) is 6.83. The molecule has 1 aromatic rings. The highest BCUT2D eigenvalue weighted by molar-refractivity contribution is 5.75. The monoisotopic (exact) mass is 191 g/mol. The Kier molecular flexibility index (Phi) is 4.76. The third-order valence-corrected chi connectivity index (χ3v) is 2.09. The summed E-state index contributed by atoms with van der Waals surface area (Å²) in [6.07, 6.45) is 2.54. The molecule has 1 amide bonds. The van der Waals surface area contributed by atoms with Gasteiger partial charge in [0.05, 0.1) is 0 Å². The number of amides is 1. The predicted octanol–water partition coefficient (Wildman–Crippen LogP) is 2.15. The van der Waals surface area contributed by atoms with Crippen molar-refractivity contribution >= 4 is 5.91 Å². The molecule has 2 nitrogen and oxygen atoms in total. The third kappa shape index (κ3) is 4.08. The summed E-state index contributed by atoms with van der Waals surface area (Å²) in [6.45, 7) is 2.67. The lowest BCUT2D eigenvalue weighted by Crippen LogP contribution is -2.22. The van der Waals surface area contributed by atoms with Crippen LogP contribution in [0.15, 0.2) is 30.3 Å². The van der Waals surface area contributed by atoms with Gasteiger partial charge >= 0.3 is 0 Å². The van der Waals surface area contributed by atoms with Crippen LogP contribution in [0, 0.1) is 0 Å². The van der Waals surface area contributed by atoms with Crippen LogP contribution in [0.5, 0.6) is 0 Å². The molecule has 0 radical (unpaired) electrons. The van der Waals surface area contributed by atoms with E-state index in [1.807, 2.05) is 25.1 Å². The van der Waals surface area contributed by atoms with Crippen molar-refractivity contribution in [3.63, 3.8) is 0 Å². The SMILES string of the molecule is CCNC(=O)CCCc1ccccc1. The van der Waals surface area contributed by atoms with Gasteiger partial charge in [-0.2, -0.15) is 0 Å². The number of benzene rings is 1. The Bertz CT molecular complexity index is 269. The highest BCUT2D eigenvalue weighted by atomic mass is 16.1. The number of carbonyl (C=O) groups is 1. The Morgan fingerprint density at radius 3 is 2.64 bits per heavy atom. The zero-order valence-electron chi connectivity index (χ0n) is 8.62. The van der Waals surface area contributed by atoms with Crippen molar-refractivity contribution in [1.82, 2.24) is 5.32 Å². The molecule has 1 rings (SSSR count). The Morgan fingerprint density at radius 2 is 2.00 bits per heavy atom. The Hall–Kier alpha value is -1.31. The van der Waals surface area contributed by atoms with Crippen LogP contribution in [0.3, 0.4) is 0 Å². The molecule has 0 aliphatic rings. The number of rotatable bonds is 5. The summed E-state index contributed by atoms with van der Waals surface area (Å²) in [5, 5.41) is 2.79. The van der Waals surface area contributed by atoms with Crippen LogP contribution in [-0.2, 0) is 11.2 Å². The third-order valence-electron chi connectivity index (χ3n) is 2.09. The van der Waals surface area contributed by atoms with E-state index < -0.39 is 0 Å². The van der Waals surface area contributed by atoms with Crippen molar-refractivity contribution in [3.05, 3.63) is 35.9 Å². The summed E-state index contributed by atoms with van der Waals surface area (Å²) >= 11 is 0. The summed E-state index contributed by atoms with van der Waals surface area (Å²) in [5.74, 6) is 0.156. The molecule has 14 heavy (non-hydrogen) atoms. The first kappa shape index (κ1) is 10.8. The van der Waals surface area contributed by atoms with Crippen molar-refractivity contribution < 1.29 is 4.79 Å². The van der Waals surface area contributed by atoms with Gasteiger partial charge in [-0.05, 0) is 25.3 Å². The molecule has 0 unspecified atom stereocenters. The molecule has 1 aromatic carbocycles. The Labute approximate surface area is 85.3 Å². The molecule has 2 heteroatoms. The lowest BCUT2D eigenvalue weighted by atomic mass is 10.1. The van der Waals surface area contributed by atoms with Gasteiger partial charge in [-0.3, -0.25) is 4.79 Å². The largest absolute Gasteiger partial charge is 0.356 e. The smallest absolute Gasteiger partial charge is 0.219 e. The molecule has 0 heterocycles. The van der Waals surface area contributed by atoms with Crippen LogP contribution in [0.1, 0.15) is 25.3 Å². The number of hydrogen-bond acceptors (Lipinski definition) is 1. The maximum atomic E-state index is 11.1. The summed E-state index contributed by atoms with van der Waals surface area (Å²) in [6, 6.07) is 10.3. The van der Waals surface area contributed by atoms with Gasteiger partial charge in [-0.25, -0.2) is 0 Å². The topological polar surface area (TPSA) is 29.1 Å². The maximum absolute atomic E-state index is 11.1. The second kappa shape index (κ2) is 6.19.